The topological polar surface area (TPSA) is 108 Å². The van der Waals surface area contributed by atoms with Crippen molar-refractivity contribution in [3.63, 3.8) is 0 Å². The summed E-state index contributed by atoms with van der Waals surface area (Å²) in [4.78, 5) is 10.9. The molecule has 0 bridgehead atoms. The van der Waals surface area contributed by atoms with Gasteiger partial charge in [0.2, 0.25) is 10.5 Å². The second kappa shape index (κ2) is 9.94. The van der Waals surface area contributed by atoms with Gasteiger partial charge in [-0.05, 0) is 43.8 Å². The SMILES string of the molecule is CCOc1cc(OCC)c([N+](=O)[O-])cc1/C=N\n1c(Cc2ccc(F)cc2)n[nH]c1=S. The van der Waals surface area contributed by atoms with Crippen molar-refractivity contribution >= 4 is 24.1 Å². The first-order chi connectivity index (χ1) is 14.9. The molecule has 0 saturated carbocycles. The highest BCUT2D eigenvalue weighted by atomic mass is 32.1. The molecule has 0 unspecified atom stereocenters. The van der Waals surface area contributed by atoms with E-state index < -0.39 is 4.92 Å². The number of nitro groups is 1. The Morgan fingerprint density at radius 1 is 1.23 bits per heavy atom. The van der Waals surface area contributed by atoms with Gasteiger partial charge in [0, 0.05) is 24.1 Å². The lowest BCUT2D eigenvalue weighted by molar-refractivity contribution is -0.385. The first kappa shape index (κ1) is 22.1. The Balaban J connectivity index is 1.98. The fraction of sp³-hybridized carbons (Fsp3) is 0.250. The molecule has 1 heterocycles. The van der Waals surface area contributed by atoms with E-state index in [4.69, 9.17) is 21.7 Å². The number of hydrogen-bond donors (Lipinski definition) is 1. The van der Waals surface area contributed by atoms with E-state index in [1.165, 1.54) is 35.2 Å². The molecule has 0 aliphatic rings. The Hall–Kier alpha value is -3.60. The monoisotopic (exact) mass is 445 g/mol. The van der Waals surface area contributed by atoms with Crippen molar-refractivity contribution in [1.29, 1.82) is 0 Å². The van der Waals surface area contributed by atoms with Gasteiger partial charge >= 0.3 is 5.69 Å². The summed E-state index contributed by atoms with van der Waals surface area (Å²) in [5.41, 5.74) is 1.00. The summed E-state index contributed by atoms with van der Waals surface area (Å²) in [7, 11) is 0. The first-order valence-electron chi connectivity index (χ1n) is 9.46. The Kier molecular flexibility index (Phi) is 7.08. The highest BCUT2D eigenvalue weighted by Crippen LogP contribution is 2.34. The molecule has 9 nitrogen and oxygen atoms in total. The van der Waals surface area contributed by atoms with Crippen molar-refractivity contribution in [2.75, 3.05) is 13.2 Å². The summed E-state index contributed by atoms with van der Waals surface area (Å²) >= 11 is 5.24. The maximum Gasteiger partial charge on any atom is 0.311 e. The average molecular weight is 445 g/mol. The predicted molar refractivity (Wildman–Crippen MR) is 115 cm³/mol. The minimum atomic E-state index is -0.526. The Morgan fingerprint density at radius 3 is 2.55 bits per heavy atom. The van der Waals surface area contributed by atoms with Crippen LogP contribution in [0.1, 0.15) is 30.8 Å². The molecule has 0 aliphatic carbocycles. The number of benzene rings is 2. The molecule has 2 aromatic carbocycles. The summed E-state index contributed by atoms with van der Waals surface area (Å²) in [5, 5.41) is 22.6. The van der Waals surface area contributed by atoms with Gasteiger partial charge in [-0.2, -0.15) is 14.9 Å². The molecule has 0 atom stereocenters. The molecule has 31 heavy (non-hydrogen) atoms. The number of H-pyrrole nitrogens is 1. The molecule has 0 aliphatic heterocycles. The number of nitrogens with zero attached hydrogens (tertiary/aromatic N) is 4. The number of nitro benzene ring substituents is 1. The van der Waals surface area contributed by atoms with Crippen molar-refractivity contribution < 1.29 is 18.8 Å². The van der Waals surface area contributed by atoms with Crippen molar-refractivity contribution in [2.24, 2.45) is 5.10 Å². The van der Waals surface area contributed by atoms with E-state index in [2.05, 4.69) is 15.3 Å². The second-order valence-corrected chi connectivity index (χ2v) is 6.67. The van der Waals surface area contributed by atoms with Crippen molar-refractivity contribution in [2.45, 2.75) is 20.3 Å². The minimum Gasteiger partial charge on any atom is -0.493 e. The number of aromatic amines is 1. The van der Waals surface area contributed by atoms with E-state index in [0.29, 0.717) is 30.2 Å². The fourth-order valence-corrected chi connectivity index (χ4v) is 3.02. The van der Waals surface area contributed by atoms with Gasteiger partial charge in [0.05, 0.1) is 24.4 Å². The van der Waals surface area contributed by atoms with Gasteiger partial charge in [0.25, 0.3) is 0 Å². The zero-order valence-electron chi connectivity index (χ0n) is 16.9. The summed E-state index contributed by atoms with van der Waals surface area (Å²) in [5.74, 6) is 0.660. The summed E-state index contributed by atoms with van der Waals surface area (Å²) in [6.45, 7) is 4.17. The van der Waals surface area contributed by atoms with Crippen LogP contribution in [0.25, 0.3) is 0 Å². The van der Waals surface area contributed by atoms with Crippen LogP contribution in [-0.2, 0) is 6.42 Å². The van der Waals surface area contributed by atoms with Gasteiger partial charge in [-0.3, -0.25) is 15.2 Å². The molecule has 3 aromatic rings. The van der Waals surface area contributed by atoms with Crippen LogP contribution in [0.15, 0.2) is 41.5 Å². The normalized spacial score (nSPS) is 11.1. The van der Waals surface area contributed by atoms with E-state index in [1.807, 2.05) is 0 Å². The average Bonchev–Trinajstić information content (AvgIpc) is 3.08. The second-order valence-electron chi connectivity index (χ2n) is 6.29. The number of halogens is 1. The first-order valence-corrected chi connectivity index (χ1v) is 9.86. The highest BCUT2D eigenvalue weighted by molar-refractivity contribution is 7.71. The number of hydrogen-bond acceptors (Lipinski definition) is 7. The lowest BCUT2D eigenvalue weighted by Gasteiger charge is -2.11. The van der Waals surface area contributed by atoms with Gasteiger partial charge in [0.15, 0.2) is 5.82 Å². The number of rotatable bonds is 9. The van der Waals surface area contributed by atoms with Crippen molar-refractivity contribution in [3.05, 3.63) is 74.1 Å². The van der Waals surface area contributed by atoms with Gasteiger partial charge in [-0.1, -0.05) is 12.1 Å². The molecule has 0 saturated heterocycles. The van der Waals surface area contributed by atoms with Crippen LogP contribution < -0.4 is 9.47 Å². The molecule has 0 fully saturated rings. The molecule has 162 valence electrons. The third-order valence-electron chi connectivity index (χ3n) is 4.19. The van der Waals surface area contributed by atoms with Crippen LogP contribution in [0.5, 0.6) is 11.5 Å². The zero-order valence-corrected chi connectivity index (χ0v) is 17.7. The fourth-order valence-electron chi connectivity index (χ4n) is 2.82. The quantitative estimate of drug-likeness (QED) is 0.228. The summed E-state index contributed by atoms with van der Waals surface area (Å²) < 4.78 is 25.8. The van der Waals surface area contributed by atoms with E-state index in [0.717, 1.165) is 5.56 Å². The summed E-state index contributed by atoms with van der Waals surface area (Å²) in [6, 6.07) is 8.81. The minimum absolute atomic E-state index is 0.116. The van der Waals surface area contributed by atoms with Crippen molar-refractivity contribution in [3.8, 4) is 11.5 Å². The Labute approximate surface area is 182 Å². The van der Waals surface area contributed by atoms with Crippen LogP contribution in [0.3, 0.4) is 0 Å². The Morgan fingerprint density at radius 2 is 1.90 bits per heavy atom. The molecule has 1 N–H and O–H groups in total. The number of aromatic nitrogens is 3. The lowest BCUT2D eigenvalue weighted by atomic mass is 10.1. The predicted octanol–water partition coefficient (Wildman–Crippen LogP) is 4.26. The third-order valence-corrected chi connectivity index (χ3v) is 4.46. The van der Waals surface area contributed by atoms with Gasteiger partial charge in [-0.25, -0.2) is 4.39 Å². The zero-order chi connectivity index (χ0) is 22.4. The molecular weight excluding hydrogens is 425 g/mol. The molecule has 0 amide bonds. The van der Waals surface area contributed by atoms with E-state index in [1.54, 1.807) is 26.0 Å². The van der Waals surface area contributed by atoms with Crippen LogP contribution in [0.2, 0.25) is 0 Å². The standard InChI is InChI=1S/C20H20FN5O4S/c1-3-29-17-11-18(30-4-2)16(26(27)28)10-14(17)12-22-25-19(23-24-20(25)31)9-13-5-7-15(21)8-6-13/h5-8,10-12H,3-4,9H2,1-2H3,(H,24,31)/b22-12-. The molecule has 0 spiro atoms. The lowest BCUT2D eigenvalue weighted by Crippen LogP contribution is -2.04. The maximum absolute atomic E-state index is 13.1. The van der Waals surface area contributed by atoms with Crippen LogP contribution >= 0.6 is 12.2 Å². The number of ether oxygens (including phenoxy) is 2. The van der Waals surface area contributed by atoms with Crippen LogP contribution in [0.4, 0.5) is 10.1 Å². The van der Waals surface area contributed by atoms with E-state index in [9.17, 15) is 14.5 Å². The maximum atomic E-state index is 13.1. The highest BCUT2D eigenvalue weighted by Gasteiger charge is 2.20. The smallest absolute Gasteiger partial charge is 0.311 e. The molecule has 1 aromatic heterocycles. The van der Waals surface area contributed by atoms with Crippen molar-refractivity contribution in [1.82, 2.24) is 14.9 Å². The Bertz CT molecular complexity index is 1160. The van der Waals surface area contributed by atoms with Gasteiger partial charge in [-0.15, -0.1) is 0 Å². The van der Waals surface area contributed by atoms with E-state index in [-0.39, 0.29) is 28.6 Å². The molecule has 3 rings (SSSR count). The summed E-state index contributed by atoms with van der Waals surface area (Å²) in [6.07, 6.45) is 1.76. The molecular formula is C20H20FN5O4S. The van der Waals surface area contributed by atoms with Crippen LogP contribution in [0, 0.1) is 20.7 Å². The molecule has 0 radical (unpaired) electrons. The molecule has 11 heteroatoms. The van der Waals surface area contributed by atoms with Crippen LogP contribution in [-0.4, -0.2) is 39.2 Å². The van der Waals surface area contributed by atoms with Gasteiger partial charge in [0.1, 0.15) is 11.6 Å². The third kappa shape index (κ3) is 5.31. The van der Waals surface area contributed by atoms with Gasteiger partial charge < -0.3 is 9.47 Å². The van der Waals surface area contributed by atoms with E-state index >= 15 is 0 Å². The largest absolute Gasteiger partial charge is 0.493 e. The number of nitrogens with one attached hydrogen (secondary N) is 1.